The van der Waals surface area contributed by atoms with Gasteiger partial charge in [0.25, 0.3) is 5.91 Å². The van der Waals surface area contributed by atoms with Crippen LogP contribution in [0.4, 0.5) is 5.69 Å². The van der Waals surface area contributed by atoms with E-state index in [1.807, 2.05) is 30.1 Å². The van der Waals surface area contributed by atoms with E-state index in [1.165, 1.54) is 24.0 Å². The first kappa shape index (κ1) is 23.8. The minimum atomic E-state index is -0.580. The van der Waals surface area contributed by atoms with Gasteiger partial charge in [0.2, 0.25) is 0 Å². The van der Waals surface area contributed by atoms with E-state index in [2.05, 4.69) is 39.4 Å². The molecule has 2 saturated heterocycles. The summed E-state index contributed by atoms with van der Waals surface area (Å²) >= 11 is 0. The molecule has 0 aliphatic carbocycles. The van der Waals surface area contributed by atoms with E-state index in [4.69, 9.17) is 4.74 Å². The highest BCUT2D eigenvalue weighted by Gasteiger charge is 2.35. The Morgan fingerprint density at radius 2 is 1.81 bits per heavy atom. The van der Waals surface area contributed by atoms with Crippen LogP contribution in [0.1, 0.15) is 47.2 Å². The first-order valence-corrected chi connectivity index (χ1v) is 13.6. The number of carbonyl (C=O) groups excluding carboxylic acids is 1. The van der Waals surface area contributed by atoms with E-state index in [0.717, 1.165) is 50.3 Å². The van der Waals surface area contributed by atoms with Crippen LogP contribution in [0.3, 0.4) is 0 Å². The van der Waals surface area contributed by atoms with E-state index in [1.54, 1.807) is 0 Å². The number of anilines is 1. The van der Waals surface area contributed by atoms with Crippen LogP contribution in [0.2, 0.25) is 0 Å². The Labute approximate surface area is 214 Å². The van der Waals surface area contributed by atoms with E-state index >= 15 is 0 Å². The summed E-state index contributed by atoms with van der Waals surface area (Å²) in [5.41, 5.74) is 4.35. The second-order valence-electron chi connectivity index (χ2n) is 11.1. The first-order valence-electron chi connectivity index (χ1n) is 13.6. The molecule has 0 spiro atoms. The van der Waals surface area contributed by atoms with Crippen LogP contribution in [0.15, 0.2) is 42.5 Å². The van der Waals surface area contributed by atoms with Crippen LogP contribution in [-0.2, 0) is 13.0 Å². The summed E-state index contributed by atoms with van der Waals surface area (Å²) in [4.78, 5) is 19.7. The number of nitrogens with one attached hydrogen (secondary N) is 1. The highest BCUT2D eigenvalue weighted by molar-refractivity contribution is 6.00. The molecule has 2 fully saturated rings. The molecule has 2 aromatic rings. The van der Waals surface area contributed by atoms with Gasteiger partial charge in [0.15, 0.2) is 0 Å². The number of benzene rings is 2. The van der Waals surface area contributed by atoms with Gasteiger partial charge in [0.05, 0.1) is 17.4 Å². The van der Waals surface area contributed by atoms with Gasteiger partial charge in [-0.1, -0.05) is 24.3 Å². The number of rotatable bonds is 6. The number of β-amino-alcohol motifs (C(OH)–C–C–N with tert-alkyl or cyclic N) is 1. The third-order valence-corrected chi connectivity index (χ3v) is 8.45. The van der Waals surface area contributed by atoms with Gasteiger partial charge in [-0.05, 0) is 55.4 Å². The maximum atomic E-state index is 13.5. The van der Waals surface area contributed by atoms with Crippen LogP contribution >= 0.6 is 0 Å². The topological polar surface area (TPSA) is 68.3 Å². The third-order valence-electron chi connectivity index (χ3n) is 8.45. The summed E-state index contributed by atoms with van der Waals surface area (Å²) < 4.78 is 6.39. The van der Waals surface area contributed by atoms with Crippen molar-refractivity contribution in [3.63, 3.8) is 0 Å². The number of hydrogen-bond donors (Lipinski definition) is 2. The zero-order chi connectivity index (χ0) is 24.6. The molecule has 2 N–H and O–H groups in total. The average molecular weight is 491 g/mol. The van der Waals surface area contributed by atoms with Crippen molar-refractivity contribution in [2.45, 2.75) is 62.9 Å². The number of nitrogens with zero attached hydrogens (tertiary/aromatic N) is 3. The quantitative estimate of drug-likeness (QED) is 0.649. The molecule has 1 amide bonds. The molecule has 2 bridgehead atoms. The predicted molar refractivity (Wildman–Crippen MR) is 141 cm³/mol. The fourth-order valence-electron chi connectivity index (χ4n) is 6.53. The number of fused-ring (bicyclic) bond motifs is 4. The van der Waals surface area contributed by atoms with Crippen molar-refractivity contribution in [2.75, 3.05) is 44.7 Å². The SMILES string of the molecule is CN1CCN(CC(O)CN2CCc3ccccc3C2)C(=O)c2ccc(OC3CC4CCC(C3)N4)cc21. The number of aliphatic hydroxyl groups excluding tert-OH is 1. The molecular weight excluding hydrogens is 452 g/mol. The predicted octanol–water partition coefficient (Wildman–Crippen LogP) is 2.66. The first-order chi connectivity index (χ1) is 17.5. The minimum Gasteiger partial charge on any atom is -0.490 e. The van der Waals surface area contributed by atoms with Crippen LogP contribution in [0.25, 0.3) is 0 Å². The lowest BCUT2D eigenvalue weighted by molar-refractivity contribution is 0.0521. The largest absolute Gasteiger partial charge is 0.490 e. The molecule has 7 heteroatoms. The molecule has 4 heterocycles. The van der Waals surface area contributed by atoms with E-state index < -0.39 is 6.10 Å². The molecule has 0 aromatic heterocycles. The lowest BCUT2D eigenvalue weighted by Crippen LogP contribution is -2.44. The Hall–Kier alpha value is -2.61. The molecule has 0 saturated carbocycles. The molecule has 7 nitrogen and oxygen atoms in total. The second-order valence-corrected chi connectivity index (χ2v) is 11.1. The Balaban J connectivity index is 1.10. The highest BCUT2D eigenvalue weighted by Crippen LogP contribution is 2.33. The van der Waals surface area contributed by atoms with E-state index in [9.17, 15) is 9.90 Å². The summed E-state index contributed by atoms with van der Waals surface area (Å²) in [6.45, 7) is 4.04. The molecule has 3 unspecified atom stereocenters. The molecular formula is C29H38N4O3. The number of likely N-dealkylation sites (N-methyl/N-ethyl adjacent to an activating group) is 1. The molecule has 36 heavy (non-hydrogen) atoms. The summed E-state index contributed by atoms with van der Waals surface area (Å²) in [6, 6.07) is 15.6. The van der Waals surface area contributed by atoms with Crippen molar-refractivity contribution in [1.29, 1.82) is 0 Å². The smallest absolute Gasteiger partial charge is 0.256 e. The van der Waals surface area contributed by atoms with Gasteiger partial charge in [-0.3, -0.25) is 9.69 Å². The Morgan fingerprint density at radius 1 is 1.03 bits per heavy atom. The van der Waals surface area contributed by atoms with Gasteiger partial charge in [-0.25, -0.2) is 0 Å². The standard InChI is InChI=1S/C29H38N4O3/c1-31-12-13-33(19-24(34)18-32-11-10-20-4-2-3-5-21(20)17-32)29(35)27-9-8-25(16-28(27)31)36-26-14-22-6-7-23(15-26)30-22/h2-5,8-9,16,22-24,26,30,34H,6-7,10-15,17-19H2,1H3. The summed E-state index contributed by atoms with van der Waals surface area (Å²) in [7, 11) is 2.03. The number of aliphatic hydroxyl groups is 1. The maximum absolute atomic E-state index is 13.5. The van der Waals surface area contributed by atoms with Crippen LogP contribution in [-0.4, -0.2) is 84.9 Å². The number of carbonyl (C=O) groups is 1. The van der Waals surface area contributed by atoms with Gasteiger partial charge in [-0.15, -0.1) is 0 Å². The number of ether oxygens (including phenoxy) is 1. The second kappa shape index (κ2) is 10.0. The zero-order valence-electron chi connectivity index (χ0n) is 21.2. The van der Waals surface area contributed by atoms with E-state index in [0.29, 0.717) is 37.3 Å². The number of piperidine rings is 1. The lowest BCUT2D eigenvalue weighted by atomic mass is 10.00. The average Bonchev–Trinajstić information content (AvgIpc) is 3.18. The zero-order valence-corrected chi connectivity index (χ0v) is 21.2. The van der Waals surface area contributed by atoms with E-state index in [-0.39, 0.29) is 12.0 Å². The number of amides is 1. The highest BCUT2D eigenvalue weighted by atomic mass is 16.5. The maximum Gasteiger partial charge on any atom is 0.256 e. The molecule has 4 aliphatic heterocycles. The van der Waals surface area contributed by atoms with Crippen LogP contribution in [0.5, 0.6) is 5.75 Å². The molecule has 0 radical (unpaired) electrons. The summed E-state index contributed by atoms with van der Waals surface area (Å²) in [6.07, 6.45) is 5.27. The normalized spacial score (nSPS) is 26.8. The Kier molecular flexibility index (Phi) is 6.63. The fourth-order valence-corrected chi connectivity index (χ4v) is 6.53. The molecule has 2 aromatic carbocycles. The monoisotopic (exact) mass is 490 g/mol. The van der Waals surface area contributed by atoms with Crippen molar-refractivity contribution in [2.24, 2.45) is 0 Å². The Morgan fingerprint density at radius 3 is 2.61 bits per heavy atom. The van der Waals surface area contributed by atoms with Gasteiger partial charge < -0.3 is 25.0 Å². The van der Waals surface area contributed by atoms with Crippen molar-refractivity contribution in [3.05, 3.63) is 59.2 Å². The third kappa shape index (κ3) is 4.97. The van der Waals surface area contributed by atoms with Gasteiger partial charge >= 0.3 is 0 Å². The Bertz CT molecular complexity index is 1100. The van der Waals surface area contributed by atoms with Crippen molar-refractivity contribution >= 4 is 11.6 Å². The number of hydrogen-bond acceptors (Lipinski definition) is 6. The van der Waals surface area contributed by atoms with Gasteiger partial charge in [0.1, 0.15) is 11.9 Å². The minimum absolute atomic E-state index is 0.0103. The molecule has 192 valence electrons. The molecule has 3 atom stereocenters. The molecule has 6 rings (SSSR count). The van der Waals surface area contributed by atoms with Crippen LogP contribution < -0.4 is 15.0 Å². The van der Waals surface area contributed by atoms with Crippen molar-refractivity contribution in [1.82, 2.24) is 15.1 Å². The summed E-state index contributed by atoms with van der Waals surface area (Å²) in [5, 5.41) is 14.6. The summed E-state index contributed by atoms with van der Waals surface area (Å²) in [5.74, 6) is 0.836. The van der Waals surface area contributed by atoms with Gasteiger partial charge in [-0.2, -0.15) is 0 Å². The molecule has 4 aliphatic rings. The van der Waals surface area contributed by atoms with Gasteiger partial charge in [0, 0.05) is 64.5 Å². The van der Waals surface area contributed by atoms with Crippen molar-refractivity contribution in [3.8, 4) is 5.75 Å². The van der Waals surface area contributed by atoms with Crippen molar-refractivity contribution < 1.29 is 14.6 Å². The lowest BCUT2D eigenvalue weighted by Gasteiger charge is -2.32. The van der Waals surface area contributed by atoms with Crippen LogP contribution in [0, 0.1) is 0 Å². The fraction of sp³-hybridized carbons (Fsp3) is 0.552.